The van der Waals surface area contributed by atoms with Gasteiger partial charge in [-0.3, -0.25) is 14.7 Å². The summed E-state index contributed by atoms with van der Waals surface area (Å²) in [6, 6.07) is 17.3. The molecule has 2 aliphatic rings. The van der Waals surface area contributed by atoms with E-state index in [9.17, 15) is 4.79 Å². The number of para-hydroxylation sites is 1. The quantitative estimate of drug-likeness (QED) is 0.483. The van der Waals surface area contributed by atoms with Crippen molar-refractivity contribution in [3.63, 3.8) is 0 Å². The van der Waals surface area contributed by atoms with Crippen molar-refractivity contribution in [3.05, 3.63) is 65.2 Å². The average Bonchev–Trinajstić information content (AvgIpc) is 2.80. The Bertz CT molecular complexity index is 970. The lowest BCUT2D eigenvalue weighted by Crippen LogP contribution is -2.51. The normalized spacial score (nSPS) is 19.7. The highest BCUT2D eigenvalue weighted by atomic mass is 16.1. The zero-order chi connectivity index (χ0) is 22.5. The second-order valence-electron chi connectivity index (χ2n) is 9.17. The number of nitrogens with one attached hydrogen (secondary N) is 3. The highest BCUT2D eigenvalue weighted by molar-refractivity contribution is 5.94. The van der Waals surface area contributed by atoms with Crippen molar-refractivity contribution >= 4 is 17.6 Å². The van der Waals surface area contributed by atoms with Crippen molar-refractivity contribution in [1.29, 1.82) is 0 Å². The van der Waals surface area contributed by atoms with Crippen LogP contribution < -0.4 is 16.0 Å². The Morgan fingerprint density at radius 3 is 2.66 bits per heavy atom. The topological polar surface area (TPSA) is 68.8 Å². The molecule has 32 heavy (non-hydrogen) atoms. The van der Waals surface area contributed by atoms with Crippen LogP contribution in [0.4, 0.5) is 5.69 Å². The number of rotatable bonds is 6. The van der Waals surface area contributed by atoms with Gasteiger partial charge in [-0.15, -0.1) is 0 Å². The molecule has 2 unspecified atom stereocenters. The Balaban J connectivity index is 1.35. The summed E-state index contributed by atoms with van der Waals surface area (Å²) >= 11 is 0. The molecule has 2 aromatic rings. The highest BCUT2D eigenvalue weighted by Gasteiger charge is 2.27. The van der Waals surface area contributed by atoms with Crippen molar-refractivity contribution in [2.24, 2.45) is 10.9 Å². The Kier molecular flexibility index (Phi) is 7.10. The van der Waals surface area contributed by atoms with Gasteiger partial charge in [0.15, 0.2) is 5.96 Å². The van der Waals surface area contributed by atoms with Crippen LogP contribution in [0.15, 0.2) is 53.5 Å². The SMILES string of the molecule is CN=C(NCC1CC(=O)Nc2ccccc21)NCC(C(C)C)N1CCc2ccccc2C1. The van der Waals surface area contributed by atoms with Crippen LogP contribution in [-0.4, -0.2) is 49.5 Å². The lowest BCUT2D eigenvalue weighted by molar-refractivity contribution is -0.116. The van der Waals surface area contributed by atoms with Crippen LogP contribution in [0.1, 0.15) is 42.9 Å². The minimum atomic E-state index is 0.0729. The molecular formula is C26H35N5O. The summed E-state index contributed by atoms with van der Waals surface area (Å²) in [6.07, 6.45) is 1.60. The Labute approximate surface area is 191 Å². The van der Waals surface area contributed by atoms with Crippen molar-refractivity contribution in [2.75, 3.05) is 32.0 Å². The van der Waals surface area contributed by atoms with E-state index < -0.39 is 0 Å². The number of guanidine groups is 1. The molecule has 4 rings (SSSR count). The van der Waals surface area contributed by atoms with Crippen LogP contribution >= 0.6 is 0 Å². The molecule has 2 aliphatic heterocycles. The molecule has 6 heteroatoms. The minimum Gasteiger partial charge on any atom is -0.356 e. The number of benzene rings is 2. The number of anilines is 1. The first kappa shape index (κ1) is 22.3. The minimum absolute atomic E-state index is 0.0729. The fraction of sp³-hybridized carbons (Fsp3) is 0.462. The first-order valence-electron chi connectivity index (χ1n) is 11.7. The molecule has 0 bridgehead atoms. The molecule has 2 aromatic carbocycles. The number of hydrogen-bond acceptors (Lipinski definition) is 3. The Morgan fingerprint density at radius 1 is 1.12 bits per heavy atom. The third kappa shape index (κ3) is 5.13. The largest absolute Gasteiger partial charge is 0.356 e. The molecule has 1 amide bonds. The highest BCUT2D eigenvalue weighted by Crippen LogP contribution is 2.31. The van der Waals surface area contributed by atoms with Crippen LogP contribution in [0.2, 0.25) is 0 Å². The van der Waals surface area contributed by atoms with E-state index in [0.29, 0.717) is 24.9 Å². The van der Waals surface area contributed by atoms with E-state index in [1.54, 1.807) is 7.05 Å². The zero-order valence-corrected chi connectivity index (χ0v) is 19.4. The van der Waals surface area contributed by atoms with Crippen LogP contribution in [0.5, 0.6) is 0 Å². The Hall–Kier alpha value is -2.86. The summed E-state index contributed by atoms with van der Waals surface area (Å²) in [7, 11) is 1.80. The van der Waals surface area contributed by atoms with Crippen LogP contribution in [-0.2, 0) is 17.8 Å². The number of aliphatic imine (C=N–C) groups is 1. The third-order valence-corrected chi connectivity index (χ3v) is 6.72. The van der Waals surface area contributed by atoms with Crippen LogP contribution in [0, 0.1) is 5.92 Å². The fourth-order valence-electron chi connectivity index (χ4n) is 4.91. The van der Waals surface area contributed by atoms with E-state index in [1.165, 1.54) is 16.7 Å². The smallest absolute Gasteiger partial charge is 0.225 e. The second kappa shape index (κ2) is 10.2. The summed E-state index contributed by atoms with van der Waals surface area (Å²) in [5, 5.41) is 9.97. The van der Waals surface area contributed by atoms with Crippen molar-refractivity contribution in [1.82, 2.24) is 15.5 Å². The summed E-state index contributed by atoms with van der Waals surface area (Å²) in [4.78, 5) is 19.1. The fourth-order valence-corrected chi connectivity index (χ4v) is 4.91. The average molecular weight is 434 g/mol. The second-order valence-corrected chi connectivity index (χ2v) is 9.17. The van der Waals surface area contributed by atoms with Crippen LogP contribution in [0.3, 0.4) is 0 Å². The first-order valence-corrected chi connectivity index (χ1v) is 11.7. The lowest BCUT2D eigenvalue weighted by atomic mass is 9.90. The van der Waals surface area contributed by atoms with Gasteiger partial charge in [0.2, 0.25) is 5.91 Å². The molecule has 0 aromatic heterocycles. The molecule has 0 saturated heterocycles. The van der Waals surface area contributed by atoms with E-state index in [1.807, 2.05) is 18.2 Å². The monoisotopic (exact) mass is 433 g/mol. The molecule has 0 saturated carbocycles. The van der Waals surface area contributed by atoms with E-state index in [4.69, 9.17) is 0 Å². The first-order chi connectivity index (χ1) is 15.5. The molecule has 170 valence electrons. The standard InChI is InChI=1S/C26H35N5O/c1-18(2)24(31-13-12-19-8-4-5-9-20(19)17-31)16-29-26(27-3)28-15-21-14-25(32)30-23-11-7-6-10-22(21)23/h4-11,18,21,24H,12-17H2,1-3H3,(H,30,32)(H2,27,28,29). The van der Waals surface area contributed by atoms with Crippen molar-refractivity contribution in [3.8, 4) is 0 Å². The third-order valence-electron chi connectivity index (χ3n) is 6.72. The maximum Gasteiger partial charge on any atom is 0.225 e. The summed E-state index contributed by atoms with van der Waals surface area (Å²) in [5.74, 6) is 1.53. The maximum atomic E-state index is 12.1. The number of fused-ring (bicyclic) bond motifs is 2. The summed E-state index contributed by atoms with van der Waals surface area (Å²) < 4.78 is 0. The number of nitrogens with zero attached hydrogens (tertiary/aromatic N) is 2. The van der Waals surface area contributed by atoms with Gasteiger partial charge in [-0.05, 0) is 35.1 Å². The molecule has 3 N–H and O–H groups in total. The predicted molar refractivity (Wildman–Crippen MR) is 131 cm³/mol. The Morgan fingerprint density at radius 2 is 1.88 bits per heavy atom. The van der Waals surface area contributed by atoms with Gasteiger partial charge in [0.1, 0.15) is 0 Å². The van der Waals surface area contributed by atoms with E-state index >= 15 is 0 Å². The summed E-state index contributed by atoms with van der Waals surface area (Å²) in [5.41, 5.74) is 5.03. The molecule has 2 heterocycles. The molecule has 0 radical (unpaired) electrons. The van der Waals surface area contributed by atoms with Crippen molar-refractivity contribution in [2.45, 2.75) is 45.2 Å². The molecule has 0 fully saturated rings. The van der Waals surface area contributed by atoms with Gasteiger partial charge in [0.05, 0.1) is 0 Å². The van der Waals surface area contributed by atoms with Gasteiger partial charge < -0.3 is 16.0 Å². The molecular weight excluding hydrogens is 398 g/mol. The molecule has 0 spiro atoms. The maximum absolute atomic E-state index is 12.1. The number of carbonyl (C=O) groups excluding carboxylic acids is 1. The van der Waals surface area contributed by atoms with Gasteiger partial charge in [-0.1, -0.05) is 56.3 Å². The van der Waals surface area contributed by atoms with E-state index in [0.717, 1.165) is 37.7 Å². The number of hydrogen-bond donors (Lipinski definition) is 3. The predicted octanol–water partition coefficient (Wildman–Crippen LogP) is 3.36. The van der Waals surface area contributed by atoms with E-state index in [2.05, 4.69) is 70.0 Å². The lowest BCUT2D eigenvalue weighted by Gasteiger charge is -2.38. The van der Waals surface area contributed by atoms with Crippen molar-refractivity contribution < 1.29 is 4.79 Å². The molecule has 2 atom stereocenters. The molecule has 6 nitrogen and oxygen atoms in total. The summed E-state index contributed by atoms with van der Waals surface area (Å²) in [6.45, 7) is 8.18. The van der Waals surface area contributed by atoms with Gasteiger partial charge in [-0.2, -0.15) is 0 Å². The zero-order valence-electron chi connectivity index (χ0n) is 19.4. The van der Waals surface area contributed by atoms with Crippen LogP contribution in [0.25, 0.3) is 0 Å². The van der Waals surface area contributed by atoms with Gasteiger partial charge in [0.25, 0.3) is 0 Å². The van der Waals surface area contributed by atoms with E-state index in [-0.39, 0.29) is 11.8 Å². The number of amides is 1. The number of carbonyl (C=O) groups is 1. The van der Waals surface area contributed by atoms with Gasteiger partial charge in [-0.25, -0.2) is 0 Å². The van der Waals surface area contributed by atoms with Gasteiger partial charge in [0, 0.05) is 57.3 Å². The van der Waals surface area contributed by atoms with Gasteiger partial charge >= 0.3 is 0 Å². The molecule has 0 aliphatic carbocycles.